The summed E-state index contributed by atoms with van der Waals surface area (Å²) in [6, 6.07) is 13.9. The van der Waals surface area contributed by atoms with Crippen molar-refractivity contribution in [2.75, 3.05) is 31.1 Å². The summed E-state index contributed by atoms with van der Waals surface area (Å²) >= 11 is 1.60. The minimum Gasteiger partial charge on any atom is -0.439 e. The van der Waals surface area contributed by atoms with E-state index < -0.39 is 0 Å². The zero-order valence-corrected chi connectivity index (χ0v) is 18.2. The molecule has 1 aliphatic heterocycles. The maximum absolute atomic E-state index is 13.2. The number of piperazine rings is 1. The second kappa shape index (κ2) is 9.51. The monoisotopic (exact) mass is 467 g/mol. The number of nitrogens with zero attached hydrogens (tertiary/aromatic N) is 7. The summed E-state index contributed by atoms with van der Waals surface area (Å²) < 4.78 is 36.2. The van der Waals surface area contributed by atoms with Gasteiger partial charge in [0.2, 0.25) is 11.8 Å². The Balaban J connectivity index is 1.33. The fraction of sp³-hybridized carbons (Fsp3) is 0.182. The Morgan fingerprint density at radius 1 is 0.788 bits per heavy atom. The average molecular weight is 468 g/mol. The van der Waals surface area contributed by atoms with E-state index in [4.69, 9.17) is 4.74 Å². The second-order valence-corrected chi connectivity index (χ2v) is 8.42. The van der Waals surface area contributed by atoms with Gasteiger partial charge in [-0.1, -0.05) is 0 Å². The summed E-state index contributed by atoms with van der Waals surface area (Å²) in [5, 5.41) is 7.69. The van der Waals surface area contributed by atoms with E-state index >= 15 is 0 Å². The first-order valence-corrected chi connectivity index (χ1v) is 11.0. The molecule has 2 aromatic carbocycles. The van der Waals surface area contributed by atoms with Crippen LogP contribution < -0.4 is 9.64 Å². The van der Waals surface area contributed by atoms with Crippen LogP contribution in [0.1, 0.15) is 0 Å². The van der Waals surface area contributed by atoms with E-state index in [1.165, 1.54) is 24.3 Å². The highest BCUT2D eigenvalue weighted by Crippen LogP contribution is 2.27. The highest BCUT2D eigenvalue weighted by Gasteiger charge is 2.21. The molecule has 0 aliphatic carbocycles. The normalized spacial score (nSPS) is 14.4. The van der Waals surface area contributed by atoms with Gasteiger partial charge in [-0.3, -0.25) is 4.57 Å². The Labute approximate surface area is 193 Å². The summed E-state index contributed by atoms with van der Waals surface area (Å²) in [4.78, 5) is 12.3. The molecule has 0 bridgehead atoms. The minimum atomic E-state index is -0.340. The molecule has 0 spiro atoms. The van der Waals surface area contributed by atoms with Gasteiger partial charge < -0.3 is 9.64 Å². The van der Waals surface area contributed by atoms with Crippen LogP contribution in [-0.2, 0) is 0 Å². The Hall–Kier alpha value is -3.57. The zero-order chi connectivity index (χ0) is 22.6. The molecule has 8 nitrogen and oxygen atoms in total. The lowest BCUT2D eigenvalue weighted by molar-refractivity contribution is 0.421. The van der Waals surface area contributed by atoms with Gasteiger partial charge in [-0.2, -0.15) is 9.97 Å². The molecule has 1 aliphatic rings. The predicted molar refractivity (Wildman–Crippen MR) is 119 cm³/mol. The molecule has 0 N–H and O–H groups in total. The highest BCUT2D eigenvalue weighted by molar-refractivity contribution is 7.97. The van der Waals surface area contributed by atoms with Crippen LogP contribution in [-0.4, -0.2) is 55.2 Å². The molecule has 33 heavy (non-hydrogen) atoms. The van der Waals surface area contributed by atoms with Gasteiger partial charge in [-0.05, 0) is 60.5 Å². The van der Waals surface area contributed by atoms with Crippen molar-refractivity contribution >= 4 is 17.9 Å². The van der Waals surface area contributed by atoms with E-state index in [1.807, 2.05) is 0 Å². The molecule has 5 rings (SSSR count). The molecule has 0 unspecified atom stereocenters. The lowest BCUT2D eigenvalue weighted by atomic mass is 10.3. The van der Waals surface area contributed by atoms with E-state index in [0.29, 0.717) is 36.5 Å². The van der Waals surface area contributed by atoms with Crippen LogP contribution in [0.4, 0.5) is 14.7 Å². The number of halogens is 2. The first-order valence-electron chi connectivity index (χ1n) is 10.2. The van der Waals surface area contributed by atoms with Crippen LogP contribution in [0.15, 0.2) is 72.1 Å². The maximum atomic E-state index is 13.2. The fourth-order valence-electron chi connectivity index (χ4n) is 3.29. The lowest BCUT2D eigenvalue weighted by Gasteiger charge is -2.34. The van der Waals surface area contributed by atoms with Crippen LogP contribution in [0.25, 0.3) is 5.82 Å². The third-order valence-electron chi connectivity index (χ3n) is 4.97. The van der Waals surface area contributed by atoms with Crippen molar-refractivity contribution in [1.82, 2.24) is 29.0 Å². The SMILES string of the molecule is Fc1ccc(Oc2cc(-n3cnnc3)nc(N3CCN(Sc4ccc(F)cc4)CC3)n2)cc1. The first kappa shape index (κ1) is 21.3. The Bertz CT molecular complexity index is 1200. The van der Waals surface area contributed by atoms with Gasteiger partial charge in [-0.15, -0.1) is 10.2 Å². The predicted octanol–water partition coefficient (Wildman–Crippen LogP) is 3.96. The number of ether oxygens (including phenoxy) is 1. The van der Waals surface area contributed by atoms with Gasteiger partial charge >= 0.3 is 0 Å². The number of rotatable bonds is 6. The largest absolute Gasteiger partial charge is 0.439 e. The smallest absolute Gasteiger partial charge is 0.230 e. The molecular weight excluding hydrogens is 448 g/mol. The molecule has 0 radical (unpaired) electrons. The summed E-state index contributed by atoms with van der Waals surface area (Å²) in [6.07, 6.45) is 3.09. The number of hydrogen-bond acceptors (Lipinski definition) is 8. The van der Waals surface area contributed by atoms with Crippen molar-refractivity contribution in [1.29, 1.82) is 0 Å². The Kier molecular flexibility index (Phi) is 6.13. The summed E-state index contributed by atoms with van der Waals surface area (Å²) in [5.41, 5.74) is 0. The van der Waals surface area contributed by atoms with E-state index in [9.17, 15) is 8.78 Å². The molecule has 11 heteroatoms. The first-order chi connectivity index (χ1) is 16.1. The van der Waals surface area contributed by atoms with Crippen molar-refractivity contribution in [2.45, 2.75) is 4.90 Å². The Morgan fingerprint density at radius 3 is 2.09 bits per heavy atom. The molecule has 1 fully saturated rings. The van der Waals surface area contributed by atoms with Crippen molar-refractivity contribution in [3.05, 3.63) is 78.9 Å². The highest BCUT2D eigenvalue weighted by atomic mass is 32.2. The molecule has 2 aromatic heterocycles. The molecule has 0 saturated carbocycles. The van der Waals surface area contributed by atoms with Crippen LogP contribution in [0, 0.1) is 11.6 Å². The molecule has 1 saturated heterocycles. The van der Waals surface area contributed by atoms with E-state index in [0.717, 1.165) is 18.0 Å². The van der Waals surface area contributed by atoms with Crippen LogP contribution in [0.2, 0.25) is 0 Å². The van der Waals surface area contributed by atoms with Crippen LogP contribution >= 0.6 is 11.9 Å². The van der Waals surface area contributed by atoms with Crippen molar-refractivity contribution < 1.29 is 13.5 Å². The standard InChI is InChI=1S/C22H19F2N7OS/c23-16-1-5-18(6-2-16)32-21-13-20(30-14-25-26-15-30)27-22(28-21)29-9-11-31(12-10-29)33-19-7-3-17(24)4-8-19/h1-8,13-15H,9-12H2. The molecule has 4 aromatic rings. The van der Waals surface area contributed by atoms with Gasteiger partial charge in [0.15, 0.2) is 0 Å². The zero-order valence-electron chi connectivity index (χ0n) is 17.4. The fourth-order valence-corrected chi connectivity index (χ4v) is 4.20. The summed E-state index contributed by atoms with van der Waals surface area (Å²) in [5.74, 6) is 1.30. The third-order valence-corrected chi connectivity index (χ3v) is 6.07. The molecular formula is C22H19F2N7OS. The summed E-state index contributed by atoms with van der Waals surface area (Å²) in [6.45, 7) is 2.96. The summed E-state index contributed by atoms with van der Waals surface area (Å²) in [7, 11) is 0. The van der Waals surface area contributed by atoms with Gasteiger partial charge in [-0.25, -0.2) is 13.1 Å². The number of anilines is 1. The Morgan fingerprint density at radius 2 is 1.42 bits per heavy atom. The number of benzene rings is 2. The van der Waals surface area contributed by atoms with Gasteiger partial charge in [0, 0.05) is 37.1 Å². The van der Waals surface area contributed by atoms with Crippen LogP contribution in [0.3, 0.4) is 0 Å². The van der Waals surface area contributed by atoms with Crippen molar-refractivity contribution in [3.63, 3.8) is 0 Å². The van der Waals surface area contributed by atoms with Crippen LogP contribution in [0.5, 0.6) is 11.6 Å². The number of aromatic nitrogens is 5. The van der Waals surface area contributed by atoms with Crippen molar-refractivity contribution in [3.8, 4) is 17.4 Å². The van der Waals surface area contributed by atoms with E-state index in [-0.39, 0.29) is 11.6 Å². The molecule has 0 amide bonds. The van der Waals surface area contributed by atoms with Gasteiger partial charge in [0.05, 0.1) is 0 Å². The number of hydrogen-bond donors (Lipinski definition) is 0. The average Bonchev–Trinajstić information content (AvgIpc) is 3.38. The van der Waals surface area contributed by atoms with E-state index in [1.54, 1.807) is 59.5 Å². The lowest BCUT2D eigenvalue weighted by Crippen LogP contribution is -2.44. The molecule has 3 heterocycles. The van der Waals surface area contributed by atoms with Gasteiger partial charge in [0.25, 0.3) is 0 Å². The molecule has 168 valence electrons. The van der Waals surface area contributed by atoms with E-state index in [2.05, 4.69) is 29.4 Å². The second-order valence-electron chi connectivity index (χ2n) is 7.25. The quantitative estimate of drug-likeness (QED) is 0.395. The van der Waals surface area contributed by atoms with Gasteiger partial charge in [0.1, 0.15) is 35.9 Å². The van der Waals surface area contributed by atoms with Crippen molar-refractivity contribution in [2.24, 2.45) is 0 Å². The maximum Gasteiger partial charge on any atom is 0.230 e. The topological polar surface area (TPSA) is 72.2 Å². The minimum absolute atomic E-state index is 0.243. The molecule has 0 atom stereocenters. The third kappa shape index (κ3) is 5.26.